The molecule has 1 aromatic carbocycles. The average molecular weight is 294 g/mol. The summed E-state index contributed by atoms with van der Waals surface area (Å²) in [4.78, 5) is 14.0. The van der Waals surface area contributed by atoms with Crippen molar-refractivity contribution in [3.8, 4) is 0 Å². The number of nitrogens with one attached hydrogen (secondary N) is 1. The van der Waals surface area contributed by atoms with Gasteiger partial charge >= 0.3 is 0 Å². The van der Waals surface area contributed by atoms with E-state index in [0.29, 0.717) is 18.7 Å². The molecule has 0 radical (unpaired) electrons. The number of ether oxygens (including phenoxy) is 1. The van der Waals surface area contributed by atoms with Crippen LogP contribution in [0.15, 0.2) is 24.3 Å². The van der Waals surface area contributed by atoms with Crippen LogP contribution in [0.5, 0.6) is 0 Å². The minimum Gasteiger partial charge on any atom is -0.378 e. The molecule has 1 N–H and O–H groups in total. The number of aryl methyl sites for hydroxylation is 1. The van der Waals surface area contributed by atoms with Gasteiger partial charge in [0.1, 0.15) is 0 Å². The van der Waals surface area contributed by atoms with E-state index in [1.807, 2.05) is 6.07 Å². The molecule has 0 aromatic heterocycles. The Bertz CT molecular complexity index is 434. The normalized spacial score (nSPS) is 15.2. The maximum atomic E-state index is 11.7. The summed E-state index contributed by atoms with van der Waals surface area (Å²) in [5.74, 6) is 0.770. The van der Waals surface area contributed by atoms with Gasteiger partial charge in [0, 0.05) is 37.5 Å². The maximum absolute atomic E-state index is 11.7. The molecule has 20 heavy (non-hydrogen) atoms. The van der Waals surface area contributed by atoms with E-state index in [1.54, 1.807) is 0 Å². The number of hydrogen-bond donors (Lipinski definition) is 2. The fourth-order valence-electron chi connectivity index (χ4n) is 2.37. The minimum absolute atomic E-state index is 0.0934. The predicted octanol–water partition coefficient (Wildman–Crippen LogP) is 1.50. The number of rotatable bonds is 6. The summed E-state index contributed by atoms with van der Waals surface area (Å²) >= 11 is 4.09. The van der Waals surface area contributed by atoms with Crippen LogP contribution in [0.3, 0.4) is 0 Å². The van der Waals surface area contributed by atoms with Crippen LogP contribution in [0, 0.1) is 0 Å². The van der Waals surface area contributed by atoms with Crippen LogP contribution in [-0.2, 0) is 16.0 Å². The van der Waals surface area contributed by atoms with Gasteiger partial charge in [0.15, 0.2) is 0 Å². The van der Waals surface area contributed by atoms with Crippen molar-refractivity contribution in [3.05, 3.63) is 29.8 Å². The van der Waals surface area contributed by atoms with Crippen LogP contribution < -0.4 is 10.2 Å². The van der Waals surface area contributed by atoms with E-state index >= 15 is 0 Å². The van der Waals surface area contributed by atoms with Crippen molar-refractivity contribution in [2.24, 2.45) is 0 Å². The smallest absolute Gasteiger partial charge is 0.220 e. The van der Waals surface area contributed by atoms with Crippen LogP contribution in [0.4, 0.5) is 5.69 Å². The molecule has 1 aromatic rings. The summed E-state index contributed by atoms with van der Waals surface area (Å²) in [5.41, 5.74) is 2.47. The number of morpholine rings is 1. The first kappa shape index (κ1) is 15.2. The Hall–Kier alpha value is -1.20. The molecule has 1 amide bonds. The highest BCUT2D eigenvalue weighted by atomic mass is 32.1. The number of hydrogen-bond acceptors (Lipinski definition) is 4. The van der Waals surface area contributed by atoms with Gasteiger partial charge < -0.3 is 15.0 Å². The Morgan fingerprint density at radius 2 is 2.05 bits per heavy atom. The fraction of sp³-hybridized carbons (Fsp3) is 0.533. The number of para-hydroxylation sites is 1. The van der Waals surface area contributed by atoms with Crippen molar-refractivity contribution < 1.29 is 9.53 Å². The molecule has 0 bridgehead atoms. The van der Waals surface area contributed by atoms with Gasteiger partial charge in [0.05, 0.1) is 13.2 Å². The lowest BCUT2D eigenvalue weighted by molar-refractivity contribution is -0.120. The van der Waals surface area contributed by atoms with E-state index in [-0.39, 0.29) is 5.91 Å². The van der Waals surface area contributed by atoms with Crippen molar-refractivity contribution in [2.75, 3.05) is 43.5 Å². The highest BCUT2D eigenvalue weighted by Gasteiger charge is 2.14. The molecule has 1 heterocycles. The molecule has 1 saturated heterocycles. The molecule has 0 saturated carbocycles. The third kappa shape index (κ3) is 4.42. The molecule has 0 spiro atoms. The number of nitrogens with zero attached hydrogens (tertiary/aromatic N) is 1. The second-order valence-corrected chi connectivity index (χ2v) is 5.25. The van der Waals surface area contributed by atoms with Crippen LogP contribution in [0.2, 0.25) is 0 Å². The third-order valence-corrected chi connectivity index (χ3v) is 3.62. The monoisotopic (exact) mass is 294 g/mol. The van der Waals surface area contributed by atoms with Crippen molar-refractivity contribution in [1.29, 1.82) is 0 Å². The Labute approximate surface area is 125 Å². The number of anilines is 1. The van der Waals surface area contributed by atoms with Crippen LogP contribution >= 0.6 is 12.6 Å². The minimum atomic E-state index is 0.0934. The molecule has 1 aliphatic heterocycles. The van der Waals surface area contributed by atoms with E-state index in [4.69, 9.17) is 4.74 Å². The van der Waals surface area contributed by atoms with Crippen molar-refractivity contribution in [2.45, 2.75) is 12.8 Å². The molecule has 2 rings (SSSR count). The number of carbonyl (C=O) groups excluding carboxylic acids is 1. The third-order valence-electron chi connectivity index (χ3n) is 3.40. The molecule has 0 aliphatic carbocycles. The molecule has 0 atom stereocenters. The van der Waals surface area contributed by atoms with Gasteiger partial charge in [-0.2, -0.15) is 12.6 Å². The van der Waals surface area contributed by atoms with Gasteiger partial charge in [-0.15, -0.1) is 0 Å². The zero-order chi connectivity index (χ0) is 14.2. The predicted molar refractivity (Wildman–Crippen MR) is 84.7 cm³/mol. The van der Waals surface area contributed by atoms with E-state index in [2.05, 4.69) is 41.0 Å². The summed E-state index contributed by atoms with van der Waals surface area (Å²) in [5, 5.41) is 2.85. The Kier molecular flexibility index (Phi) is 6.21. The van der Waals surface area contributed by atoms with Gasteiger partial charge in [-0.1, -0.05) is 18.2 Å². The number of carbonyl (C=O) groups is 1. The van der Waals surface area contributed by atoms with Gasteiger partial charge in [-0.05, 0) is 18.1 Å². The summed E-state index contributed by atoms with van der Waals surface area (Å²) in [7, 11) is 0. The maximum Gasteiger partial charge on any atom is 0.220 e. The molecule has 5 heteroatoms. The molecule has 0 unspecified atom stereocenters. The standard InChI is InChI=1S/C15H22N2O2S/c18-15(16-7-12-20)6-5-13-3-1-2-4-14(13)17-8-10-19-11-9-17/h1-4,20H,5-12H2,(H,16,18). The second kappa shape index (κ2) is 8.17. The van der Waals surface area contributed by atoms with E-state index in [9.17, 15) is 4.79 Å². The van der Waals surface area contributed by atoms with E-state index < -0.39 is 0 Å². The first-order valence-corrected chi connectivity index (χ1v) is 7.72. The van der Waals surface area contributed by atoms with Gasteiger partial charge in [-0.3, -0.25) is 4.79 Å². The summed E-state index contributed by atoms with van der Waals surface area (Å²) in [6, 6.07) is 8.32. The van der Waals surface area contributed by atoms with Crippen molar-refractivity contribution in [3.63, 3.8) is 0 Å². The van der Waals surface area contributed by atoms with Gasteiger partial charge in [-0.25, -0.2) is 0 Å². The Morgan fingerprint density at radius 3 is 2.80 bits per heavy atom. The zero-order valence-corrected chi connectivity index (χ0v) is 12.6. The number of thiol groups is 1. The summed E-state index contributed by atoms with van der Waals surface area (Å²) in [6.45, 7) is 4.02. The lowest BCUT2D eigenvalue weighted by Gasteiger charge is -2.30. The largest absolute Gasteiger partial charge is 0.378 e. The summed E-state index contributed by atoms with van der Waals surface area (Å²) in [6.07, 6.45) is 1.29. The SMILES string of the molecule is O=C(CCc1ccccc1N1CCOCC1)NCCS. The topological polar surface area (TPSA) is 41.6 Å². The van der Waals surface area contributed by atoms with Gasteiger partial charge in [0.2, 0.25) is 5.91 Å². The zero-order valence-electron chi connectivity index (χ0n) is 11.7. The number of amides is 1. The van der Waals surface area contributed by atoms with Crippen LogP contribution in [0.1, 0.15) is 12.0 Å². The van der Waals surface area contributed by atoms with Crippen LogP contribution in [0.25, 0.3) is 0 Å². The van der Waals surface area contributed by atoms with Gasteiger partial charge in [0.25, 0.3) is 0 Å². The highest BCUT2D eigenvalue weighted by Crippen LogP contribution is 2.22. The second-order valence-electron chi connectivity index (χ2n) is 4.80. The van der Waals surface area contributed by atoms with Crippen molar-refractivity contribution in [1.82, 2.24) is 5.32 Å². The quantitative estimate of drug-likeness (QED) is 0.781. The Morgan fingerprint density at radius 1 is 1.30 bits per heavy atom. The lowest BCUT2D eigenvalue weighted by Crippen LogP contribution is -2.36. The number of benzene rings is 1. The van der Waals surface area contributed by atoms with Crippen LogP contribution in [-0.4, -0.2) is 44.5 Å². The molecule has 110 valence electrons. The Balaban J connectivity index is 1.95. The lowest BCUT2D eigenvalue weighted by atomic mass is 10.1. The average Bonchev–Trinajstić information content (AvgIpc) is 2.52. The molecule has 4 nitrogen and oxygen atoms in total. The fourth-order valence-corrected chi connectivity index (χ4v) is 2.48. The van der Waals surface area contributed by atoms with Crippen molar-refractivity contribution >= 4 is 24.2 Å². The molecular weight excluding hydrogens is 272 g/mol. The molecular formula is C15H22N2O2S. The molecule has 1 fully saturated rings. The highest BCUT2D eigenvalue weighted by molar-refractivity contribution is 7.80. The van der Waals surface area contributed by atoms with E-state index in [1.165, 1.54) is 11.3 Å². The summed E-state index contributed by atoms with van der Waals surface area (Å²) < 4.78 is 5.39. The van der Waals surface area contributed by atoms with E-state index in [0.717, 1.165) is 32.7 Å². The molecule has 1 aliphatic rings. The first-order chi connectivity index (χ1) is 9.81. The first-order valence-electron chi connectivity index (χ1n) is 7.09.